The van der Waals surface area contributed by atoms with Gasteiger partial charge in [0.05, 0.1) is 19.9 Å². The predicted octanol–water partition coefficient (Wildman–Crippen LogP) is 4.01. The summed E-state index contributed by atoms with van der Waals surface area (Å²) in [6.07, 6.45) is 0. The van der Waals surface area contributed by atoms with Crippen LogP contribution in [0.3, 0.4) is 0 Å². The van der Waals surface area contributed by atoms with Gasteiger partial charge in [-0.1, -0.05) is 23.5 Å². The van der Waals surface area contributed by atoms with E-state index in [-0.39, 0.29) is 10.8 Å². The van der Waals surface area contributed by atoms with E-state index in [0.717, 1.165) is 5.56 Å². The molecule has 0 aliphatic heterocycles. The monoisotopic (exact) mass is 374 g/mol. The van der Waals surface area contributed by atoms with E-state index >= 15 is 0 Å². The summed E-state index contributed by atoms with van der Waals surface area (Å²) in [5, 5.41) is 13.8. The number of halogens is 1. The number of hydrogen-bond donors (Lipinski definition) is 2. The number of para-hydroxylation sites is 1. The van der Waals surface area contributed by atoms with E-state index in [1.54, 1.807) is 38.5 Å². The normalized spacial score (nSPS) is 10.3. The number of urea groups is 1. The van der Waals surface area contributed by atoms with Crippen LogP contribution in [0.1, 0.15) is 0 Å². The molecule has 2 N–H and O–H groups in total. The highest BCUT2D eigenvalue weighted by atomic mass is 32.1. The van der Waals surface area contributed by atoms with Crippen molar-refractivity contribution in [3.63, 3.8) is 0 Å². The van der Waals surface area contributed by atoms with Crippen LogP contribution in [0.5, 0.6) is 11.5 Å². The van der Waals surface area contributed by atoms with E-state index < -0.39 is 11.8 Å². The van der Waals surface area contributed by atoms with E-state index in [1.807, 2.05) is 6.07 Å². The lowest BCUT2D eigenvalue weighted by atomic mass is 10.2. The zero-order chi connectivity index (χ0) is 18.5. The fourth-order valence-corrected chi connectivity index (χ4v) is 2.91. The summed E-state index contributed by atoms with van der Waals surface area (Å²) < 4.78 is 24.0. The second-order valence-electron chi connectivity index (χ2n) is 5.04. The minimum Gasteiger partial charge on any atom is -0.493 e. The average molecular weight is 374 g/mol. The highest BCUT2D eigenvalue weighted by Crippen LogP contribution is 2.34. The first kappa shape index (κ1) is 17.6. The van der Waals surface area contributed by atoms with Gasteiger partial charge in [-0.25, -0.2) is 9.18 Å². The molecule has 26 heavy (non-hydrogen) atoms. The van der Waals surface area contributed by atoms with Gasteiger partial charge < -0.3 is 14.8 Å². The van der Waals surface area contributed by atoms with Crippen LogP contribution >= 0.6 is 11.3 Å². The van der Waals surface area contributed by atoms with Gasteiger partial charge in [-0.05, 0) is 30.3 Å². The molecule has 0 fully saturated rings. The molecular weight excluding hydrogens is 359 g/mol. The number of nitrogens with zero attached hydrogens (tertiary/aromatic N) is 2. The molecule has 0 aliphatic rings. The van der Waals surface area contributed by atoms with Gasteiger partial charge in [0.15, 0.2) is 11.5 Å². The summed E-state index contributed by atoms with van der Waals surface area (Å²) in [6, 6.07) is 10.6. The van der Waals surface area contributed by atoms with Crippen molar-refractivity contribution < 1.29 is 18.7 Å². The summed E-state index contributed by atoms with van der Waals surface area (Å²) in [5.74, 6) is 0.640. The number of benzene rings is 2. The molecule has 0 aliphatic carbocycles. The highest BCUT2D eigenvalue weighted by Gasteiger charge is 2.13. The minimum absolute atomic E-state index is 0.0784. The van der Waals surface area contributed by atoms with Crippen LogP contribution < -0.4 is 20.1 Å². The van der Waals surface area contributed by atoms with Crippen LogP contribution in [-0.4, -0.2) is 30.4 Å². The Morgan fingerprint density at radius 1 is 1.04 bits per heavy atom. The summed E-state index contributed by atoms with van der Waals surface area (Å²) in [4.78, 5) is 12.0. The van der Waals surface area contributed by atoms with Gasteiger partial charge in [0.2, 0.25) is 5.13 Å². The number of carbonyl (C=O) groups is 1. The van der Waals surface area contributed by atoms with Crippen molar-refractivity contribution in [1.82, 2.24) is 10.2 Å². The largest absolute Gasteiger partial charge is 0.493 e. The lowest BCUT2D eigenvalue weighted by Gasteiger charge is -2.07. The highest BCUT2D eigenvalue weighted by molar-refractivity contribution is 7.18. The molecule has 0 saturated carbocycles. The van der Waals surface area contributed by atoms with Crippen molar-refractivity contribution in [2.24, 2.45) is 0 Å². The molecule has 0 spiro atoms. The molecule has 0 radical (unpaired) electrons. The van der Waals surface area contributed by atoms with Crippen molar-refractivity contribution in [3.8, 4) is 22.1 Å². The zero-order valence-corrected chi connectivity index (χ0v) is 14.8. The zero-order valence-electron chi connectivity index (χ0n) is 13.9. The molecule has 7 nitrogen and oxygen atoms in total. The Bertz CT molecular complexity index is 932. The predicted molar refractivity (Wildman–Crippen MR) is 97.5 cm³/mol. The number of nitrogens with one attached hydrogen (secondary N) is 2. The SMILES string of the molecule is COc1ccc(-c2nnc(NC(=O)Nc3ccccc3F)s2)cc1OC. The standard InChI is InChI=1S/C17H15FN4O3S/c1-24-13-8-7-10(9-14(13)25-2)15-21-22-17(26-15)20-16(23)19-12-6-4-3-5-11(12)18/h3-9H,1-2H3,(H2,19,20,22,23). The van der Waals surface area contributed by atoms with E-state index in [9.17, 15) is 9.18 Å². The molecule has 0 saturated heterocycles. The third kappa shape index (κ3) is 3.89. The Balaban J connectivity index is 1.72. The number of hydrogen-bond acceptors (Lipinski definition) is 6. The molecule has 2 amide bonds. The van der Waals surface area contributed by atoms with Crippen molar-refractivity contribution in [1.29, 1.82) is 0 Å². The number of carbonyl (C=O) groups excluding carboxylic acids is 1. The van der Waals surface area contributed by atoms with Gasteiger partial charge in [-0.2, -0.15) is 0 Å². The van der Waals surface area contributed by atoms with Crippen LogP contribution in [0.15, 0.2) is 42.5 Å². The lowest BCUT2D eigenvalue weighted by Crippen LogP contribution is -2.19. The van der Waals surface area contributed by atoms with Crippen molar-refractivity contribution in [3.05, 3.63) is 48.3 Å². The van der Waals surface area contributed by atoms with Gasteiger partial charge >= 0.3 is 6.03 Å². The maximum Gasteiger partial charge on any atom is 0.325 e. The number of anilines is 2. The van der Waals surface area contributed by atoms with Crippen LogP contribution in [0, 0.1) is 5.82 Å². The van der Waals surface area contributed by atoms with E-state index in [0.29, 0.717) is 16.5 Å². The second-order valence-corrected chi connectivity index (χ2v) is 6.02. The van der Waals surface area contributed by atoms with Crippen LogP contribution in [0.4, 0.5) is 20.0 Å². The van der Waals surface area contributed by atoms with Gasteiger partial charge in [0.25, 0.3) is 0 Å². The van der Waals surface area contributed by atoms with Crippen molar-refractivity contribution in [2.75, 3.05) is 24.9 Å². The third-order valence-electron chi connectivity index (χ3n) is 3.40. The first-order chi connectivity index (χ1) is 12.6. The van der Waals surface area contributed by atoms with E-state index in [1.165, 1.54) is 23.5 Å². The molecule has 0 unspecified atom stereocenters. The molecule has 134 valence electrons. The maximum absolute atomic E-state index is 13.6. The molecular formula is C17H15FN4O3S. The van der Waals surface area contributed by atoms with Gasteiger partial charge in [0, 0.05) is 5.56 Å². The minimum atomic E-state index is -0.606. The topological polar surface area (TPSA) is 85.4 Å². The summed E-state index contributed by atoms with van der Waals surface area (Å²) in [5.41, 5.74) is 0.845. The smallest absolute Gasteiger partial charge is 0.325 e. The summed E-state index contributed by atoms with van der Waals surface area (Å²) in [7, 11) is 3.10. The quantitative estimate of drug-likeness (QED) is 0.705. The van der Waals surface area contributed by atoms with Gasteiger partial charge in [0.1, 0.15) is 10.8 Å². The fourth-order valence-electron chi connectivity index (χ4n) is 2.17. The Labute approximate surface area is 152 Å². The molecule has 3 rings (SSSR count). The average Bonchev–Trinajstić information content (AvgIpc) is 3.11. The molecule has 3 aromatic rings. The Morgan fingerprint density at radius 2 is 1.81 bits per heavy atom. The molecule has 1 aromatic heterocycles. The van der Waals surface area contributed by atoms with E-state index in [4.69, 9.17) is 9.47 Å². The summed E-state index contributed by atoms with van der Waals surface area (Å²) >= 11 is 1.18. The summed E-state index contributed by atoms with van der Waals surface area (Å²) in [6.45, 7) is 0. The third-order valence-corrected chi connectivity index (χ3v) is 4.29. The van der Waals surface area contributed by atoms with Crippen LogP contribution in [0.2, 0.25) is 0 Å². The first-order valence-corrected chi connectivity index (χ1v) is 8.31. The van der Waals surface area contributed by atoms with Gasteiger partial charge in [-0.3, -0.25) is 5.32 Å². The van der Waals surface area contributed by atoms with Crippen LogP contribution in [-0.2, 0) is 0 Å². The van der Waals surface area contributed by atoms with E-state index in [2.05, 4.69) is 20.8 Å². The number of rotatable bonds is 5. The molecule has 2 aromatic carbocycles. The molecule has 0 atom stereocenters. The molecule has 0 bridgehead atoms. The maximum atomic E-state index is 13.6. The first-order valence-electron chi connectivity index (χ1n) is 7.49. The number of amides is 2. The Morgan fingerprint density at radius 3 is 2.54 bits per heavy atom. The number of methoxy groups -OCH3 is 2. The van der Waals surface area contributed by atoms with Crippen molar-refractivity contribution >= 4 is 28.2 Å². The van der Waals surface area contributed by atoms with Crippen molar-refractivity contribution in [2.45, 2.75) is 0 Å². The molecule has 9 heteroatoms. The Kier molecular flexibility index (Phi) is 5.28. The fraction of sp³-hybridized carbons (Fsp3) is 0.118. The number of ether oxygens (including phenoxy) is 2. The Hall–Kier alpha value is -3.20. The lowest BCUT2D eigenvalue weighted by molar-refractivity contribution is 0.262. The van der Waals surface area contributed by atoms with Gasteiger partial charge in [-0.15, -0.1) is 10.2 Å². The number of aromatic nitrogens is 2. The van der Waals surface area contributed by atoms with Crippen LogP contribution in [0.25, 0.3) is 10.6 Å². The molecule has 1 heterocycles. The second kappa shape index (κ2) is 7.79.